The van der Waals surface area contributed by atoms with Gasteiger partial charge < -0.3 is 5.32 Å². The Hall–Kier alpha value is -1.75. The molecule has 1 aromatic rings. The molecule has 0 unspecified atom stereocenters. The van der Waals surface area contributed by atoms with Gasteiger partial charge in [0, 0.05) is 18.7 Å². The van der Waals surface area contributed by atoms with Gasteiger partial charge in [0.25, 0.3) is 0 Å². The summed E-state index contributed by atoms with van der Waals surface area (Å²) >= 11 is 0. The number of nitriles is 1. The fourth-order valence-corrected chi connectivity index (χ4v) is 1.47. The maximum atomic E-state index is 8.48. The fourth-order valence-electron chi connectivity index (χ4n) is 1.47. The number of hydrogen-bond acceptors (Lipinski definition) is 2. The summed E-state index contributed by atoms with van der Waals surface area (Å²) in [6, 6.07) is 10.4. The lowest BCUT2D eigenvalue weighted by Crippen LogP contribution is -2.00. The quantitative estimate of drug-likeness (QED) is 0.557. The van der Waals surface area contributed by atoms with Crippen molar-refractivity contribution in [3.63, 3.8) is 0 Å². The smallest absolute Gasteiger partial charge is 0.0625 e. The minimum Gasteiger partial charge on any atom is -0.385 e. The van der Waals surface area contributed by atoms with Gasteiger partial charge in [0.05, 0.1) is 6.07 Å². The molecule has 2 heteroatoms. The van der Waals surface area contributed by atoms with E-state index in [1.54, 1.807) is 0 Å². The van der Waals surface area contributed by atoms with Crippen LogP contribution in [0.1, 0.15) is 24.8 Å². The minimum atomic E-state index is 0.589. The summed E-state index contributed by atoms with van der Waals surface area (Å²) in [5.74, 6) is 0. The zero-order chi connectivity index (χ0) is 11.6. The summed E-state index contributed by atoms with van der Waals surface area (Å²) in [4.78, 5) is 0. The number of nitrogens with zero attached hydrogens (tertiary/aromatic N) is 1. The number of hydrogen-bond donors (Lipinski definition) is 1. The van der Waals surface area contributed by atoms with E-state index in [1.807, 2.05) is 6.08 Å². The van der Waals surface area contributed by atoms with Gasteiger partial charge in [-0.1, -0.05) is 18.2 Å². The molecular weight excluding hydrogens is 196 g/mol. The molecule has 0 aliphatic heterocycles. The second kappa shape index (κ2) is 7.53. The van der Waals surface area contributed by atoms with Crippen molar-refractivity contribution in [3.05, 3.63) is 42.5 Å². The van der Waals surface area contributed by atoms with E-state index in [0.717, 1.165) is 31.5 Å². The van der Waals surface area contributed by atoms with Crippen LogP contribution in [0.2, 0.25) is 0 Å². The highest BCUT2D eigenvalue weighted by atomic mass is 14.9. The van der Waals surface area contributed by atoms with Crippen LogP contribution in [0.5, 0.6) is 0 Å². The average Bonchev–Trinajstić information content (AvgIpc) is 2.33. The first-order valence-electron chi connectivity index (χ1n) is 5.67. The van der Waals surface area contributed by atoms with Gasteiger partial charge in [-0.2, -0.15) is 5.26 Å². The van der Waals surface area contributed by atoms with Gasteiger partial charge in [-0.25, -0.2) is 0 Å². The van der Waals surface area contributed by atoms with Crippen LogP contribution in [0, 0.1) is 11.3 Å². The van der Waals surface area contributed by atoms with Crippen LogP contribution in [0.4, 0.5) is 5.69 Å². The first-order chi connectivity index (χ1) is 7.86. The first-order valence-corrected chi connectivity index (χ1v) is 5.67. The van der Waals surface area contributed by atoms with E-state index in [1.165, 1.54) is 5.56 Å². The molecule has 1 rings (SSSR count). The Labute approximate surface area is 97.6 Å². The van der Waals surface area contributed by atoms with Gasteiger partial charge in [-0.05, 0) is 37.0 Å². The molecule has 16 heavy (non-hydrogen) atoms. The maximum absolute atomic E-state index is 8.48. The number of anilines is 1. The lowest BCUT2D eigenvalue weighted by Gasteiger charge is -2.06. The molecule has 0 saturated heterocycles. The van der Waals surface area contributed by atoms with E-state index >= 15 is 0 Å². The molecular formula is C14H18N2. The molecule has 84 valence electrons. The summed E-state index contributed by atoms with van der Waals surface area (Å²) in [7, 11) is 0. The molecule has 0 heterocycles. The van der Waals surface area contributed by atoms with Crippen molar-refractivity contribution in [2.45, 2.75) is 25.7 Å². The normalized spacial score (nSPS) is 9.44. The van der Waals surface area contributed by atoms with Gasteiger partial charge in [0.15, 0.2) is 0 Å². The van der Waals surface area contributed by atoms with Crippen LogP contribution in [-0.4, -0.2) is 6.54 Å². The van der Waals surface area contributed by atoms with Gasteiger partial charge in [0.1, 0.15) is 0 Å². The third-order valence-corrected chi connectivity index (χ3v) is 2.39. The molecule has 0 fully saturated rings. The Morgan fingerprint density at radius 2 is 2.06 bits per heavy atom. The average molecular weight is 214 g/mol. The van der Waals surface area contributed by atoms with E-state index in [9.17, 15) is 0 Å². The molecule has 1 aromatic carbocycles. The van der Waals surface area contributed by atoms with Crippen molar-refractivity contribution >= 4 is 5.69 Å². The van der Waals surface area contributed by atoms with Gasteiger partial charge in [-0.15, -0.1) is 6.58 Å². The van der Waals surface area contributed by atoms with Gasteiger partial charge in [0.2, 0.25) is 0 Å². The standard InChI is InChI=1S/C14H18N2/c1-2-3-4-12-16-14-9-7-13(8-10-14)6-5-11-15/h2,7-10,16H,1,3-6,12H2. The Bertz CT molecular complexity index is 346. The number of nitrogens with one attached hydrogen (secondary N) is 1. The molecule has 1 N–H and O–H groups in total. The highest BCUT2D eigenvalue weighted by molar-refractivity contribution is 5.44. The van der Waals surface area contributed by atoms with Crippen LogP contribution in [-0.2, 0) is 6.42 Å². The summed E-state index contributed by atoms with van der Waals surface area (Å²) in [6.45, 7) is 4.67. The number of rotatable bonds is 7. The zero-order valence-corrected chi connectivity index (χ0v) is 9.58. The Morgan fingerprint density at radius 3 is 2.69 bits per heavy atom. The monoisotopic (exact) mass is 214 g/mol. The molecule has 0 amide bonds. The molecule has 0 aliphatic rings. The second-order valence-corrected chi connectivity index (χ2v) is 3.71. The lowest BCUT2D eigenvalue weighted by molar-refractivity contribution is 0.890. The summed E-state index contributed by atoms with van der Waals surface area (Å²) in [5, 5.41) is 11.8. The van der Waals surface area contributed by atoms with Crippen LogP contribution in [0.3, 0.4) is 0 Å². The third kappa shape index (κ3) is 4.65. The first kappa shape index (κ1) is 12.3. The molecule has 2 nitrogen and oxygen atoms in total. The van der Waals surface area contributed by atoms with E-state index in [-0.39, 0.29) is 0 Å². The van der Waals surface area contributed by atoms with Crippen molar-refractivity contribution in [1.29, 1.82) is 5.26 Å². The predicted octanol–water partition coefficient (Wildman–Crippen LogP) is 3.52. The molecule has 0 atom stereocenters. The van der Waals surface area contributed by atoms with Crippen molar-refractivity contribution in [2.24, 2.45) is 0 Å². The van der Waals surface area contributed by atoms with Crippen molar-refractivity contribution in [1.82, 2.24) is 0 Å². The highest BCUT2D eigenvalue weighted by Crippen LogP contribution is 2.11. The van der Waals surface area contributed by atoms with Gasteiger partial charge >= 0.3 is 0 Å². The minimum absolute atomic E-state index is 0.589. The van der Waals surface area contributed by atoms with E-state index in [4.69, 9.17) is 5.26 Å². The van der Waals surface area contributed by atoms with Crippen molar-refractivity contribution in [3.8, 4) is 6.07 Å². The highest BCUT2D eigenvalue weighted by Gasteiger charge is 1.94. The predicted molar refractivity (Wildman–Crippen MR) is 68.3 cm³/mol. The maximum Gasteiger partial charge on any atom is 0.0625 e. The molecule has 0 saturated carbocycles. The largest absolute Gasteiger partial charge is 0.385 e. The second-order valence-electron chi connectivity index (χ2n) is 3.71. The third-order valence-electron chi connectivity index (χ3n) is 2.39. The fraction of sp³-hybridized carbons (Fsp3) is 0.357. The van der Waals surface area contributed by atoms with Crippen LogP contribution < -0.4 is 5.32 Å². The SMILES string of the molecule is C=CCCCNc1ccc(CCC#N)cc1. The van der Waals surface area contributed by atoms with Crippen LogP contribution >= 0.6 is 0 Å². The Kier molecular flexibility index (Phi) is 5.80. The number of unbranched alkanes of at least 4 members (excludes halogenated alkanes) is 1. The van der Waals surface area contributed by atoms with E-state index < -0.39 is 0 Å². The lowest BCUT2D eigenvalue weighted by atomic mass is 10.1. The van der Waals surface area contributed by atoms with E-state index in [0.29, 0.717) is 6.42 Å². The Balaban J connectivity index is 2.33. The Morgan fingerprint density at radius 1 is 1.31 bits per heavy atom. The number of benzene rings is 1. The number of allylic oxidation sites excluding steroid dienone is 1. The molecule has 0 aromatic heterocycles. The number of aryl methyl sites for hydroxylation is 1. The van der Waals surface area contributed by atoms with Crippen molar-refractivity contribution in [2.75, 3.05) is 11.9 Å². The molecule has 0 spiro atoms. The van der Waals surface area contributed by atoms with Gasteiger partial charge in [-0.3, -0.25) is 0 Å². The topological polar surface area (TPSA) is 35.8 Å². The summed E-state index contributed by atoms with van der Waals surface area (Å²) < 4.78 is 0. The molecule has 0 aliphatic carbocycles. The summed E-state index contributed by atoms with van der Waals surface area (Å²) in [5.41, 5.74) is 2.36. The molecule has 0 radical (unpaired) electrons. The van der Waals surface area contributed by atoms with Crippen molar-refractivity contribution < 1.29 is 0 Å². The van der Waals surface area contributed by atoms with E-state index in [2.05, 4.69) is 42.2 Å². The van der Waals surface area contributed by atoms with Crippen LogP contribution in [0.15, 0.2) is 36.9 Å². The zero-order valence-electron chi connectivity index (χ0n) is 9.58. The summed E-state index contributed by atoms with van der Waals surface area (Å²) in [6.07, 6.45) is 5.53. The molecule has 0 bridgehead atoms. The van der Waals surface area contributed by atoms with Crippen LogP contribution in [0.25, 0.3) is 0 Å².